The highest BCUT2D eigenvalue weighted by Gasteiger charge is 2.08. The first kappa shape index (κ1) is 20.7. The van der Waals surface area contributed by atoms with Crippen molar-refractivity contribution in [3.05, 3.63) is 88.9 Å². The van der Waals surface area contributed by atoms with Gasteiger partial charge in [0, 0.05) is 40.0 Å². The highest BCUT2D eigenvalue weighted by atomic mass is 35.5. The van der Waals surface area contributed by atoms with Crippen molar-refractivity contribution in [2.45, 2.75) is 27.0 Å². The van der Waals surface area contributed by atoms with Gasteiger partial charge in [0.05, 0.1) is 0 Å². The molecule has 0 unspecified atom stereocenters. The van der Waals surface area contributed by atoms with Crippen molar-refractivity contribution in [2.75, 3.05) is 10.6 Å². The summed E-state index contributed by atoms with van der Waals surface area (Å²) in [7, 11) is 0. The van der Waals surface area contributed by atoms with Crippen LogP contribution in [-0.4, -0.2) is 5.91 Å². The molecule has 3 aromatic carbocycles. The third kappa shape index (κ3) is 6.00. The van der Waals surface area contributed by atoms with Gasteiger partial charge in [0.2, 0.25) is 5.91 Å². The molecule has 4 nitrogen and oxygen atoms in total. The second-order valence-corrected chi connectivity index (χ2v) is 7.47. The number of anilines is 2. The molecule has 0 spiro atoms. The minimum Gasteiger partial charge on any atom is -0.488 e. The van der Waals surface area contributed by atoms with Crippen LogP contribution in [0.2, 0.25) is 5.02 Å². The van der Waals surface area contributed by atoms with Crippen molar-refractivity contribution in [1.29, 1.82) is 0 Å². The molecule has 0 aliphatic heterocycles. The maximum atomic E-state index is 11.8. The largest absolute Gasteiger partial charge is 0.488 e. The minimum absolute atomic E-state index is 0.00954. The average molecular weight is 409 g/mol. The zero-order valence-corrected chi connectivity index (χ0v) is 17.4. The summed E-state index contributed by atoms with van der Waals surface area (Å²) in [5.74, 6) is 0.783. The standard InChI is InChI=1S/C24H25ClN2O2/c1-17(2)24(28)27-21-13-11-20(12-14-21)26-15-18-7-4-6-10-23(18)29-16-19-8-3-5-9-22(19)25/h3-14,17,26H,15-16H2,1-2H3,(H,27,28). The van der Waals surface area contributed by atoms with Crippen LogP contribution in [0.25, 0.3) is 0 Å². The summed E-state index contributed by atoms with van der Waals surface area (Å²) >= 11 is 6.21. The molecule has 0 aliphatic rings. The Balaban J connectivity index is 1.59. The second-order valence-electron chi connectivity index (χ2n) is 7.06. The van der Waals surface area contributed by atoms with E-state index in [0.29, 0.717) is 18.2 Å². The first-order valence-corrected chi connectivity index (χ1v) is 9.99. The van der Waals surface area contributed by atoms with E-state index in [9.17, 15) is 4.79 Å². The summed E-state index contributed by atoms with van der Waals surface area (Å²) in [6, 6.07) is 23.3. The van der Waals surface area contributed by atoms with Crippen molar-refractivity contribution in [3.63, 3.8) is 0 Å². The molecular formula is C24H25ClN2O2. The van der Waals surface area contributed by atoms with E-state index in [-0.39, 0.29) is 11.8 Å². The van der Waals surface area contributed by atoms with E-state index in [0.717, 1.165) is 28.3 Å². The molecule has 3 rings (SSSR count). The fourth-order valence-electron chi connectivity index (χ4n) is 2.72. The van der Waals surface area contributed by atoms with Gasteiger partial charge in [0.15, 0.2) is 0 Å². The lowest BCUT2D eigenvalue weighted by Gasteiger charge is -2.14. The van der Waals surface area contributed by atoms with Crippen molar-refractivity contribution in [2.24, 2.45) is 5.92 Å². The number of rotatable bonds is 8. The molecule has 5 heteroatoms. The highest BCUT2D eigenvalue weighted by Crippen LogP contribution is 2.23. The van der Waals surface area contributed by atoms with Gasteiger partial charge >= 0.3 is 0 Å². The Kier molecular flexibility index (Phi) is 7.14. The first-order chi connectivity index (χ1) is 14.0. The van der Waals surface area contributed by atoms with E-state index < -0.39 is 0 Å². The molecule has 0 atom stereocenters. The smallest absolute Gasteiger partial charge is 0.226 e. The maximum Gasteiger partial charge on any atom is 0.226 e. The Morgan fingerprint density at radius 3 is 2.21 bits per heavy atom. The van der Waals surface area contributed by atoms with Gasteiger partial charge in [-0.05, 0) is 36.4 Å². The molecule has 0 fully saturated rings. The van der Waals surface area contributed by atoms with Gasteiger partial charge in [-0.2, -0.15) is 0 Å². The predicted molar refractivity (Wildman–Crippen MR) is 119 cm³/mol. The van der Waals surface area contributed by atoms with Crippen molar-refractivity contribution in [3.8, 4) is 5.75 Å². The van der Waals surface area contributed by atoms with Crippen LogP contribution in [0.1, 0.15) is 25.0 Å². The van der Waals surface area contributed by atoms with Crippen LogP contribution in [0.15, 0.2) is 72.8 Å². The monoisotopic (exact) mass is 408 g/mol. The van der Waals surface area contributed by atoms with Crippen LogP contribution < -0.4 is 15.4 Å². The third-order valence-corrected chi connectivity index (χ3v) is 4.84. The van der Waals surface area contributed by atoms with E-state index in [2.05, 4.69) is 10.6 Å². The van der Waals surface area contributed by atoms with Crippen LogP contribution in [-0.2, 0) is 17.9 Å². The van der Waals surface area contributed by atoms with Gasteiger partial charge in [-0.3, -0.25) is 4.79 Å². The molecule has 0 radical (unpaired) electrons. The Labute approximate surface area is 176 Å². The molecule has 0 saturated heterocycles. The zero-order valence-electron chi connectivity index (χ0n) is 16.6. The van der Waals surface area contributed by atoms with Gasteiger partial charge in [0.1, 0.15) is 12.4 Å². The lowest BCUT2D eigenvalue weighted by atomic mass is 10.2. The Hall–Kier alpha value is -2.98. The quantitative estimate of drug-likeness (QED) is 0.471. The summed E-state index contributed by atoms with van der Waals surface area (Å²) < 4.78 is 6.01. The normalized spacial score (nSPS) is 10.6. The molecule has 0 heterocycles. The number of para-hydroxylation sites is 1. The van der Waals surface area contributed by atoms with Gasteiger partial charge in [-0.15, -0.1) is 0 Å². The number of carbonyl (C=O) groups excluding carboxylic acids is 1. The molecule has 0 aliphatic carbocycles. The van der Waals surface area contributed by atoms with Crippen LogP contribution >= 0.6 is 11.6 Å². The van der Waals surface area contributed by atoms with E-state index in [1.165, 1.54) is 0 Å². The molecule has 3 aromatic rings. The topological polar surface area (TPSA) is 50.4 Å². The lowest BCUT2D eigenvalue weighted by molar-refractivity contribution is -0.118. The number of halogens is 1. The fourth-order valence-corrected chi connectivity index (χ4v) is 2.91. The van der Waals surface area contributed by atoms with Crippen molar-refractivity contribution in [1.82, 2.24) is 0 Å². The predicted octanol–water partition coefficient (Wildman–Crippen LogP) is 6.13. The highest BCUT2D eigenvalue weighted by molar-refractivity contribution is 6.31. The SMILES string of the molecule is CC(C)C(=O)Nc1ccc(NCc2ccccc2OCc2ccccc2Cl)cc1. The van der Waals surface area contributed by atoms with E-state index in [4.69, 9.17) is 16.3 Å². The van der Waals surface area contributed by atoms with Crippen LogP contribution in [0, 0.1) is 5.92 Å². The number of carbonyl (C=O) groups is 1. The Morgan fingerprint density at radius 2 is 1.52 bits per heavy atom. The number of hydrogen-bond donors (Lipinski definition) is 2. The molecule has 0 bridgehead atoms. The van der Waals surface area contributed by atoms with Crippen molar-refractivity contribution < 1.29 is 9.53 Å². The molecular weight excluding hydrogens is 384 g/mol. The van der Waals surface area contributed by atoms with Gasteiger partial charge in [0.25, 0.3) is 0 Å². The van der Waals surface area contributed by atoms with Crippen LogP contribution in [0.5, 0.6) is 5.75 Å². The maximum absolute atomic E-state index is 11.8. The summed E-state index contributed by atoms with van der Waals surface area (Å²) in [6.07, 6.45) is 0. The minimum atomic E-state index is -0.0462. The number of amides is 1. The Morgan fingerprint density at radius 1 is 0.897 bits per heavy atom. The second kappa shape index (κ2) is 9.99. The Bertz CT molecular complexity index is 955. The summed E-state index contributed by atoms with van der Waals surface area (Å²) in [4.78, 5) is 11.8. The van der Waals surface area contributed by atoms with E-state index in [1.807, 2.05) is 86.6 Å². The summed E-state index contributed by atoms with van der Waals surface area (Å²) in [5.41, 5.74) is 3.76. The van der Waals surface area contributed by atoms with Crippen LogP contribution in [0.3, 0.4) is 0 Å². The van der Waals surface area contributed by atoms with Crippen LogP contribution in [0.4, 0.5) is 11.4 Å². The summed E-state index contributed by atoms with van der Waals surface area (Å²) in [6.45, 7) is 4.78. The molecule has 2 N–H and O–H groups in total. The third-order valence-electron chi connectivity index (χ3n) is 4.47. The van der Waals surface area contributed by atoms with Gasteiger partial charge < -0.3 is 15.4 Å². The van der Waals surface area contributed by atoms with E-state index in [1.54, 1.807) is 0 Å². The average Bonchev–Trinajstić information content (AvgIpc) is 2.73. The molecule has 1 amide bonds. The number of hydrogen-bond acceptors (Lipinski definition) is 3. The number of nitrogens with one attached hydrogen (secondary N) is 2. The van der Waals surface area contributed by atoms with Gasteiger partial charge in [-0.25, -0.2) is 0 Å². The number of benzene rings is 3. The van der Waals surface area contributed by atoms with Crippen molar-refractivity contribution >= 4 is 28.9 Å². The first-order valence-electron chi connectivity index (χ1n) is 9.62. The molecule has 0 aromatic heterocycles. The molecule has 0 saturated carbocycles. The fraction of sp³-hybridized carbons (Fsp3) is 0.208. The zero-order chi connectivity index (χ0) is 20.6. The lowest BCUT2D eigenvalue weighted by Crippen LogP contribution is -2.17. The molecule has 150 valence electrons. The summed E-state index contributed by atoms with van der Waals surface area (Å²) in [5, 5.41) is 6.99. The van der Waals surface area contributed by atoms with E-state index >= 15 is 0 Å². The number of ether oxygens (including phenoxy) is 1. The molecule has 29 heavy (non-hydrogen) atoms. The van der Waals surface area contributed by atoms with Gasteiger partial charge in [-0.1, -0.05) is 61.8 Å².